The molecule has 0 saturated heterocycles. The van der Waals surface area contributed by atoms with Gasteiger partial charge in [0.2, 0.25) is 0 Å². The summed E-state index contributed by atoms with van der Waals surface area (Å²) in [7, 11) is 0. The second-order valence-corrected chi connectivity index (χ2v) is 9.46. The van der Waals surface area contributed by atoms with Crippen molar-refractivity contribution in [1.29, 1.82) is 0 Å². The van der Waals surface area contributed by atoms with E-state index in [1.54, 1.807) is 18.2 Å². The Labute approximate surface area is 253 Å². The van der Waals surface area contributed by atoms with Gasteiger partial charge < -0.3 is 19.8 Å². The molecular weight excluding hydrogens is 579 g/mol. The Morgan fingerprint density at radius 2 is 1.08 bits per heavy atom. The Morgan fingerprint density at radius 3 is 1.45 bits per heavy atom. The topological polar surface area (TPSA) is 80.3 Å². The summed E-state index contributed by atoms with van der Waals surface area (Å²) in [6.07, 6.45) is 21.7. The molecule has 0 bridgehead atoms. The molecule has 1 aromatic carbocycles. The van der Waals surface area contributed by atoms with Gasteiger partial charge in [0.05, 0.1) is 5.97 Å². The largest absolute Gasteiger partial charge is 2.00 e. The Bertz CT molecular complexity index is 596. The monoisotopic (exact) mass is 638 g/mol. The van der Waals surface area contributed by atoms with Crippen LogP contribution in [0.2, 0.25) is 0 Å². The van der Waals surface area contributed by atoms with Crippen LogP contribution < -0.4 is 10.2 Å². The quantitative estimate of drug-likeness (QED) is 0.122. The first kappa shape index (κ1) is 44.0. The third kappa shape index (κ3) is 39.5. The number of benzene rings is 1. The molecule has 0 heterocycles. The van der Waals surface area contributed by atoms with Crippen molar-refractivity contribution in [3.05, 3.63) is 49.2 Å². The van der Waals surface area contributed by atoms with Gasteiger partial charge in [0.15, 0.2) is 0 Å². The Hall–Kier alpha value is -1.04. The molecular formula is C33H58O4Sn. The van der Waals surface area contributed by atoms with Crippen molar-refractivity contribution in [2.24, 2.45) is 0 Å². The van der Waals surface area contributed by atoms with E-state index in [2.05, 4.69) is 41.5 Å². The summed E-state index contributed by atoms with van der Waals surface area (Å²) in [5.41, 5.74) is 1.34. The molecule has 1 aromatic rings. The molecule has 0 spiro atoms. The predicted octanol–water partition coefficient (Wildman–Crippen LogP) is 7.69. The van der Waals surface area contributed by atoms with E-state index in [0.29, 0.717) is 0 Å². The first-order valence-corrected chi connectivity index (χ1v) is 14.9. The zero-order valence-corrected chi connectivity index (χ0v) is 28.1. The molecule has 5 heteroatoms. The normalized spacial score (nSPS) is 9.42. The van der Waals surface area contributed by atoms with Gasteiger partial charge in [-0.25, -0.2) is 0 Å². The first-order valence-electron chi connectivity index (χ1n) is 14.9. The Balaban J connectivity index is -0.000000234. The van der Waals surface area contributed by atoms with E-state index >= 15 is 0 Å². The van der Waals surface area contributed by atoms with Gasteiger partial charge in [-0.1, -0.05) is 156 Å². The summed E-state index contributed by atoms with van der Waals surface area (Å²) < 4.78 is 0. The standard InChI is InChI=1S/C14H28O2.C11H14O2.2C4H9.Sn/c1-2-3-4-5-6-7-8-9-10-11-12-13-14(15)16;1-2-3-5-9-6-4-7-10(8-9)11(12)13;2*1-3-4-2;/h2-13H2,1H3,(H,15,16);4,6-8H,2-3,5H2,1H3,(H,12,13);2*1,3-4H2,2H3;/q;;;;+2/p-2. The summed E-state index contributed by atoms with van der Waals surface area (Å²) in [5, 5.41) is 20.7. The van der Waals surface area contributed by atoms with Crippen LogP contribution in [0, 0.1) is 13.8 Å². The molecule has 0 aliphatic carbocycles. The minimum Gasteiger partial charge on any atom is -0.550 e. The number of carbonyl (C=O) groups is 2. The number of aromatic carboxylic acids is 1. The molecule has 0 aliphatic rings. The molecule has 0 aromatic heterocycles. The minimum atomic E-state index is -1.10. The van der Waals surface area contributed by atoms with Crippen molar-refractivity contribution in [2.45, 2.75) is 150 Å². The van der Waals surface area contributed by atoms with Crippen molar-refractivity contribution >= 4 is 35.8 Å². The smallest absolute Gasteiger partial charge is 0.550 e. The van der Waals surface area contributed by atoms with Gasteiger partial charge in [-0.15, -0.1) is 0 Å². The number of hydrogen-bond acceptors (Lipinski definition) is 4. The number of aliphatic carboxylic acids is 1. The van der Waals surface area contributed by atoms with Crippen LogP contribution >= 0.6 is 0 Å². The van der Waals surface area contributed by atoms with Gasteiger partial charge in [-0.3, -0.25) is 0 Å². The zero-order valence-electron chi connectivity index (χ0n) is 25.3. The van der Waals surface area contributed by atoms with Crippen LogP contribution in [-0.2, 0) is 11.2 Å². The fraction of sp³-hybridized carbons (Fsp3) is 0.697. The molecule has 0 unspecified atom stereocenters. The van der Waals surface area contributed by atoms with E-state index in [1.165, 1.54) is 70.6 Å². The molecule has 0 aliphatic heterocycles. The SMILES string of the molecule is CCCCCCCCCCCCCC(=O)[O-].CCCCc1cccc(C(=O)[O-])c1.[CH2]CCC.[CH2]CCC.[Sn+2]. The molecule has 4 nitrogen and oxygen atoms in total. The Morgan fingerprint density at radius 1 is 0.658 bits per heavy atom. The van der Waals surface area contributed by atoms with E-state index < -0.39 is 11.9 Å². The number of carboxylic acids is 2. The van der Waals surface area contributed by atoms with Crippen molar-refractivity contribution in [3.8, 4) is 0 Å². The minimum absolute atomic E-state index is 0. The van der Waals surface area contributed by atoms with Crippen molar-refractivity contribution in [2.75, 3.05) is 0 Å². The van der Waals surface area contributed by atoms with Gasteiger partial charge in [0.25, 0.3) is 0 Å². The summed E-state index contributed by atoms with van der Waals surface area (Å²) in [6, 6.07) is 6.95. The molecule has 38 heavy (non-hydrogen) atoms. The van der Waals surface area contributed by atoms with Gasteiger partial charge in [-0.2, -0.15) is 0 Å². The predicted molar refractivity (Wildman–Crippen MR) is 162 cm³/mol. The molecule has 0 N–H and O–H groups in total. The van der Waals surface area contributed by atoms with E-state index in [0.717, 1.165) is 50.5 Å². The maximum absolute atomic E-state index is 10.5. The zero-order chi connectivity index (χ0) is 28.6. The average molecular weight is 638 g/mol. The fourth-order valence-electron chi connectivity index (χ4n) is 3.17. The van der Waals surface area contributed by atoms with Gasteiger partial charge in [-0.05, 0) is 42.9 Å². The molecule has 1 rings (SSSR count). The first-order chi connectivity index (χ1) is 17.8. The van der Waals surface area contributed by atoms with Gasteiger partial charge in [0.1, 0.15) is 0 Å². The number of aryl methyl sites for hydroxylation is 1. The molecule has 4 radical (unpaired) electrons. The third-order valence-electron chi connectivity index (χ3n) is 5.67. The maximum Gasteiger partial charge on any atom is 2.00 e. The number of carboxylic acid groups (broad SMARTS) is 2. The van der Waals surface area contributed by atoms with Crippen LogP contribution in [-0.4, -0.2) is 35.8 Å². The van der Waals surface area contributed by atoms with E-state index in [9.17, 15) is 19.8 Å². The van der Waals surface area contributed by atoms with Crippen LogP contribution in [0.5, 0.6) is 0 Å². The Kier molecular flexibility index (Phi) is 44.1. The number of hydrogen-bond donors (Lipinski definition) is 0. The van der Waals surface area contributed by atoms with Crippen LogP contribution in [0.3, 0.4) is 0 Å². The third-order valence-corrected chi connectivity index (χ3v) is 5.67. The second-order valence-electron chi connectivity index (χ2n) is 9.46. The number of carbonyl (C=O) groups excluding carboxylic acids is 2. The van der Waals surface area contributed by atoms with Crippen molar-refractivity contribution < 1.29 is 19.8 Å². The van der Waals surface area contributed by atoms with E-state index in [1.807, 2.05) is 6.07 Å². The molecule has 0 saturated carbocycles. The van der Waals surface area contributed by atoms with Crippen LogP contribution in [0.4, 0.5) is 0 Å². The molecule has 0 amide bonds. The fourth-order valence-corrected chi connectivity index (χ4v) is 3.17. The summed E-state index contributed by atoms with van der Waals surface area (Å²) in [4.78, 5) is 20.7. The van der Waals surface area contributed by atoms with Crippen molar-refractivity contribution in [1.82, 2.24) is 0 Å². The van der Waals surface area contributed by atoms with Gasteiger partial charge in [0, 0.05) is 5.97 Å². The van der Waals surface area contributed by atoms with Crippen molar-refractivity contribution in [3.63, 3.8) is 0 Å². The molecule has 0 fully saturated rings. The summed E-state index contributed by atoms with van der Waals surface area (Å²) in [6.45, 7) is 15.8. The van der Waals surface area contributed by atoms with Gasteiger partial charge >= 0.3 is 23.9 Å². The molecule has 218 valence electrons. The van der Waals surface area contributed by atoms with Crippen LogP contribution in [0.25, 0.3) is 0 Å². The average Bonchev–Trinajstić information content (AvgIpc) is 2.91. The van der Waals surface area contributed by atoms with E-state index in [-0.39, 0.29) is 35.9 Å². The van der Waals surface area contributed by atoms with Crippen LogP contribution in [0.1, 0.15) is 159 Å². The van der Waals surface area contributed by atoms with E-state index in [4.69, 9.17) is 0 Å². The maximum atomic E-state index is 10.5. The number of unbranched alkanes of at least 4 members (excludes halogenated alkanes) is 13. The number of rotatable bonds is 18. The molecule has 0 atom stereocenters. The summed E-state index contributed by atoms with van der Waals surface area (Å²) >= 11 is 0. The second kappa shape index (κ2) is 38.1. The summed E-state index contributed by atoms with van der Waals surface area (Å²) in [5.74, 6) is -2.01. The van der Waals surface area contributed by atoms with Crippen LogP contribution in [0.15, 0.2) is 24.3 Å².